The van der Waals surface area contributed by atoms with Crippen molar-refractivity contribution in [2.24, 2.45) is 5.92 Å². The number of imide groups is 1. The van der Waals surface area contributed by atoms with Gasteiger partial charge in [-0.15, -0.1) is 0 Å². The van der Waals surface area contributed by atoms with Crippen LogP contribution in [0.3, 0.4) is 0 Å². The van der Waals surface area contributed by atoms with Crippen LogP contribution in [0.5, 0.6) is 0 Å². The molecule has 0 atom stereocenters. The summed E-state index contributed by atoms with van der Waals surface area (Å²) < 4.78 is 0. The van der Waals surface area contributed by atoms with Gasteiger partial charge in [-0.25, -0.2) is 0 Å². The molecular formula is C15H26N2O3. The fourth-order valence-electron chi connectivity index (χ4n) is 1.69. The second-order valence-electron chi connectivity index (χ2n) is 4.80. The first-order valence-electron chi connectivity index (χ1n) is 7.31. The van der Waals surface area contributed by atoms with Gasteiger partial charge in [0.1, 0.15) is 0 Å². The van der Waals surface area contributed by atoms with Crippen LogP contribution in [0.2, 0.25) is 0 Å². The molecular weight excluding hydrogens is 256 g/mol. The Bertz CT molecular complexity index is 344. The van der Waals surface area contributed by atoms with Crippen molar-refractivity contribution in [3.05, 3.63) is 12.2 Å². The van der Waals surface area contributed by atoms with Gasteiger partial charge in [-0.3, -0.25) is 19.3 Å². The minimum Gasteiger partial charge on any atom is -0.356 e. The number of carbonyl (C=O) groups excluding carboxylic acids is 3. The van der Waals surface area contributed by atoms with Gasteiger partial charge in [0.25, 0.3) is 11.8 Å². The lowest BCUT2D eigenvalue weighted by Gasteiger charge is -2.13. The Balaban J connectivity index is 0.00000172. The number of rotatable bonds is 7. The molecule has 0 saturated carbocycles. The first-order chi connectivity index (χ1) is 9.50. The van der Waals surface area contributed by atoms with Crippen molar-refractivity contribution in [3.8, 4) is 0 Å². The summed E-state index contributed by atoms with van der Waals surface area (Å²) in [6.45, 7) is 9.08. The molecule has 0 bridgehead atoms. The molecule has 20 heavy (non-hydrogen) atoms. The maximum atomic E-state index is 11.5. The van der Waals surface area contributed by atoms with E-state index in [9.17, 15) is 14.4 Å². The van der Waals surface area contributed by atoms with E-state index in [-0.39, 0.29) is 30.7 Å². The Labute approximate surface area is 121 Å². The van der Waals surface area contributed by atoms with E-state index in [1.807, 2.05) is 13.8 Å². The van der Waals surface area contributed by atoms with Gasteiger partial charge < -0.3 is 5.32 Å². The predicted molar refractivity (Wildman–Crippen MR) is 78.9 cm³/mol. The van der Waals surface area contributed by atoms with Crippen molar-refractivity contribution in [2.45, 2.75) is 47.0 Å². The van der Waals surface area contributed by atoms with Crippen molar-refractivity contribution in [1.82, 2.24) is 10.2 Å². The molecule has 5 nitrogen and oxygen atoms in total. The summed E-state index contributed by atoms with van der Waals surface area (Å²) in [6.07, 6.45) is 4.65. The summed E-state index contributed by atoms with van der Waals surface area (Å²) in [7, 11) is 0. The lowest BCUT2D eigenvalue weighted by atomic mass is 10.1. The normalized spacial score (nSPS) is 13.6. The van der Waals surface area contributed by atoms with Crippen LogP contribution in [0, 0.1) is 5.92 Å². The number of carbonyl (C=O) groups is 3. The van der Waals surface area contributed by atoms with Crippen molar-refractivity contribution in [3.63, 3.8) is 0 Å². The minimum atomic E-state index is -0.340. The van der Waals surface area contributed by atoms with Crippen molar-refractivity contribution >= 4 is 17.7 Å². The molecule has 0 radical (unpaired) electrons. The highest BCUT2D eigenvalue weighted by atomic mass is 16.2. The molecule has 1 heterocycles. The monoisotopic (exact) mass is 282 g/mol. The number of hydrogen-bond donors (Lipinski definition) is 1. The molecule has 0 fully saturated rings. The molecule has 3 amide bonds. The summed E-state index contributed by atoms with van der Waals surface area (Å²) >= 11 is 0. The Morgan fingerprint density at radius 3 is 2.25 bits per heavy atom. The molecule has 1 aliphatic rings. The maximum Gasteiger partial charge on any atom is 0.253 e. The van der Waals surface area contributed by atoms with Crippen LogP contribution in [0.1, 0.15) is 47.0 Å². The molecule has 0 unspecified atom stereocenters. The van der Waals surface area contributed by atoms with Gasteiger partial charge in [-0.1, -0.05) is 27.7 Å². The second kappa shape index (κ2) is 10.2. The Hall–Kier alpha value is -1.65. The minimum absolute atomic E-state index is 0.119. The van der Waals surface area contributed by atoms with Crippen LogP contribution >= 0.6 is 0 Å². The van der Waals surface area contributed by atoms with Crippen LogP contribution in [0.25, 0.3) is 0 Å². The molecule has 1 rings (SSSR count). The van der Waals surface area contributed by atoms with Gasteiger partial charge in [0, 0.05) is 31.7 Å². The van der Waals surface area contributed by atoms with Gasteiger partial charge in [0.15, 0.2) is 0 Å². The molecule has 114 valence electrons. The molecule has 1 N–H and O–H groups in total. The molecule has 5 heteroatoms. The zero-order valence-corrected chi connectivity index (χ0v) is 12.9. The average Bonchev–Trinajstić information content (AvgIpc) is 2.74. The van der Waals surface area contributed by atoms with Crippen molar-refractivity contribution < 1.29 is 14.4 Å². The number of nitrogens with zero attached hydrogens (tertiary/aromatic N) is 1. The lowest BCUT2D eigenvalue weighted by Crippen LogP contribution is -2.35. The summed E-state index contributed by atoms with van der Waals surface area (Å²) in [6, 6.07) is 0. The topological polar surface area (TPSA) is 66.5 Å². The van der Waals surface area contributed by atoms with E-state index in [1.54, 1.807) is 0 Å². The van der Waals surface area contributed by atoms with Crippen molar-refractivity contribution in [2.75, 3.05) is 13.1 Å². The van der Waals surface area contributed by atoms with E-state index >= 15 is 0 Å². The summed E-state index contributed by atoms with van der Waals surface area (Å²) in [4.78, 5) is 35.0. The highest BCUT2D eigenvalue weighted by Crippen LogP contribution is 2.04. The standard InChI is InChI=1S/C13H20N2O3.C2H6/c1-10(2)4-3-8-14-11(16)7-9-15-12(17)5-6-13(15)18;1-2/h5-6,10H,3-4,7-9H2,1-2H3,(H,14,16);1-2H3. The first-order valence-corrected chi connectivity index (χ1v) is 7.31. The first kappa shape index (κ1) is 18.4. The van der Waals surface area contributed by atoms with Crippen LogP contribution in [-0.2, 0) is 14.4 Å². The van der Waals surface area contributed by atoms with E-state index < -0.39 is 0 Å². The number of amides is 3. The van der Waals surface area contributed by atoms with E-state index in [1.165, 1.54) is 12.2 Å². The zero-order chi connectivity index (χ0) is 15.5. The fraction of sp³-hybridized carbons (Fsp3) is 0.667. The molecule has 1 aliphatic heterocycles. The fourth-order valence-corrected chi connectivity index (χ4v) is 1.69. The van der Waals surface area contributed by atoms with Gasteiger partial charge in [0.05, 0.1) is 0 Å². The average molecular weight is 282 g/mol. The highest BCUT2D eigenvalue weighted by Gasteiger charge is 2.23. The Morgan fingerprint density at radius 1 is 1.20 bits per heavy atom. The van der Waals surface area contributed by atoms with E-state index in [2.05, 4.69) is 19.2 Å². The highest BCUT2D eigenvalue weighted by molar-refractivity contribution is 6.13. The zero-order valence-electron chi connectivity index (χ0n) is 12.9. The van der Waals surface area contributed by atoms with Crippen LogP contribution in [0.15, 0.2) is 12.2 Å². The van der Waals surface area contributed by atoms with Crippen LogP contribution < -0.4 is 5.32 Å². The second-order valence-corrected chi connectivity index (χ2v) is 4.80. The van der Waals surface area contributed by atoms with Gasteiger partial charge in [0.2, 0.25) is 5.91 Å². The maximum absolute atomic E-state index is 11.5. The number of nitrogens with one attached hydrogen (secondary N) is 1. The van der Waals surface area contributed by atoms with E-state index in [0.29, 0.717) is 12.5 Å². The summed E-state index contributed by atoms with van der Waals surface area (Å²) in [5, 5.41) is 2.78. The van der Waals surface area contributed by atoms with Crippen LogP contribution in [0.4, 0.5) is 0 Å². The molecule has 0 spiro atoms. The van der Waals surface area contributed by atoms with Gasteiger partial charge in [-0.2, -0.15) is 0 Å². The molecule has 0 aromatic rings. The molecule has 0 aromatic carbocycles. The summed E-state index contributed by atoms with van der Waals surface area (Å²) in [5.41, 5.74) is 0. The Kier molecular flexibility index (Phi) is 9.34. The third-order valence-corrected chi connectivity index (χ3v) is 2.74. The van der Waals surface area contributed by atoms with Gasteiger partial charge in [-0.05, 0) is 18.8 Å². The molecule has 0 aliphatic carbocycles. The SMILES string of the molecule is CC.CC(C)CCCNC(=O)CCN1C(=O)C=CC1=O. The molecule has 0 aromatic heterocycles. The third kappa shape index (κ3) is 7.07. The lowest BCUT2D eigenvalue weighted by molar-refractivity contribution is -0.137. The van der Waals surface area contributed by atoms with Crippen molar-refractivity contribution in [1.29, 1.82) is 0 Å². The van der Waals surface area contributed by atoms with Gasteiger partial charge >= 0.3 is 0 Å². The van der Waals surface area contributed by atoms with Crippen LogP contribution in [-0.4, -0.2) is 35.7 Å². The van der Waals surface area contributed by atoms with E-state index in [4.69, 9.17) is 0 Å². The Morgan fingerprint density at radius 2 is 1.75 bits per heavy atom. The quantitative estimate of drug-likeness (QED) is 0.572. The third-order valence-electron chi connectivity index (χ3n) is 2.74. The largest absolute Gasteiger partial charge is 0.356 e. The van der Waals surface area contributed by atoms with E-state index in [0.717, 1.165) is 17.7 Å². The summed E-state index contributed by atoms with van der Waals surface area (Å²) in [5.74, 6) is -0.167. The predicted octanol–water partition coefficient (Wildman–Crippen LogP) is 1.88. The smallest absolute Gasteiger partial charge is 0.253 e. The molecule has 0 saturated heterocycles. The number of hydrogen-bond acceptors (Lipinski definition) is 3.